The fourth-order valence-electron chi connectivity index (χ4n) is 4.74. The van der Waals surface area contributed by atoms with E-state index in [4.69, 9.17) is 9.47 Å². The fraction of sp³-hybridized carbons (Fsp3) is 0.258. The molecule has 0 radical (unpaired) electrons. The lowest BCUT2D eigenvalue weighted by Crippen LogP contribution is -2.43. The average Bonchev–Trinajstić information content (AvgIpc) is 2.88. The molecule has 5 nitrogen and oxygen atoms in total. The number of hydrogen-bond donors (Lipinski definition) is 0. The number of aromatic nitrogens is 1. The van der Waals surface area contributed by atoms with Crippen LogP contribution in [0, 0.1) is 16.7 Å². The molecular weight excluding hydrogens is 448 g/mol. The molecule has 0 saturated carbocycles. The van der Waals surface area contributed by atoms with Gasteiger partial charge in [0, 0.05) is 30.3 Å². The molecule has 2 unspecified atom stereocenters. The first kappa shape index (κ1) is 24.9. The van der Waals surface area contributed by atoms with Gasteiger partial charge in [0.05, 0.1) is 13.2 Å². The van der Waals surface area contributed by atoms with Crippen LogP contribution in [0.4, 0.5) is 0 Å². The molecule has 0 fully saturated rings. The minimum atomic E-state index is -1.60. The topological polar surface area (TPSA) is 72.2 Å². The molecule has 0 bridgehead atoms. The van der Waals surface area contributed by atoms with Crippen LogP contribution in [0.15, 0.2) is 91.3 Å². The van der Waals surface area contributed by atoms with Crippen molar-refractivity contribution in [3.8, 4) is 11.8 Å². The number of benzene rings is 3. The van der Waals surface area contributed by atoms with Gasteiger partial charge in [-0.05, 0) is 54.8 Å². The monoisotopic (exact) mass is 478 g/mol. The molecule has 4 aromatic rings. The summed E-state index contributed by atoms with van der Waals surface area (Å²) in [6.07, 6.45) is 3.49. The Kier molecular flexibility index (Phi) is 7.07. The molecule has 1 aromatic heterocycles. The summed E-state index contributed by atoms with van der Waals surface area (Å²) in [4.78, 5) is 18.4. The van der Waals surface area contributed by atoms with Gasteiger partial charge in [-0.3, -0.25) is 9.78 Å². The van der Waals surface area contributed by atoms with E-state index in [9.17, 15) is 10.1 Å². The molecule has 0 spiro atoms. The Balaban J connectivity index is 2.07. The number of hydrogen-bond acceptors (Lipinski definition) is 5. The highest BCUT2D eigenvalue weighted by molar-refractivity contribution is 5.90. The molecule has 4 rings (SSSR count). The van der Waals surface area contributed by atoms with Crippen molar-refractivity contribution in [2.45, 2.75) is 38.7 Å². The third kappa shape index (κ3) is 4.94. The van der Waals surface area contributed by atoms with E-state index in [0.29, 0.717) is 5.75 Å². The van der Waals surface area contributed by atoms with E-state index in [-0.39, 0.29) is 6.42 Å². The first-order valence-electron chi connectivity index (χ1n) is 11.9. The zero-order chi connectivity index (χ0) is 25.8. The fourth-order valence-corrected chi connectivity index (χ4v) is 4.74. The van der Waals surface area contributed by atoms with E-state index >= 15 is 0 Å². The number of fused-ring (bicyclic) bond motifs is 1. The maximum atomic E-state index is 14.1. The van der Waals surface area contributed by atoms with Crippen molar-refractivity contribution < 1.29 is 14.3 Å². The van der Waals surface area contributed by atoms with Gasteiger partial charge >= 0.3 is 5.97 Å². The number of carbonyl (C=O) groups excluding carboxylic acids is 1. The van der Waals surface area contributed by atoms with Crippen molar-refractivity contribution in [2.75, 3.05) is 7.11 Å². The molecule has 0 aliphatic heterocycles. The Morgan fingerprint density at radius 2 is 1.64 bits per heavy atom. The van der Waals surface area contributed by atoms with Gasteiger partial charge in [0.2, 0.25) is 0 Å². The lowest BCUT2D eigenvalue weighted by molar-refractivity contribution is -0.165. The van der Waals surface area contributed by atoms with Crippen LogP contribution >= 0.6 is 0 Å². The number of esters is 1. The van der Waals surface area contributed by atoms with Crippen LogP contribution in [0.25, 0.3) is 10.8 Å². The van der Waals surface area contributed by atoms with E-state index in [2.05, 4.69) is 11.1 Å². The van der Waals surface area contributed by atoms with Crippen LogP contribution in [0.3, 0.4) is 0 Å². The summed E-state index contributed by atoms with van der Waals surface area (Å²) in [5.41, 5.74) is -0.0145. The van der Waals surface area contributed by atoms with Crippen molar-refractivity contribution >= 4 is 16.7 Å². The number of carbonyl (C=O) groups is 1. The van der Waals surface area contributed by atoms with Crippen LogP contribution in [0.5, 0.6) is 5.75 Å². The highest BCUT2D eigenvalue weighted by Gasteiger charge is 2.51. The molecule has 182 valence electrons. The predicted molar refractivity (Wildman–Crippen MR) is 141 cm³/mol. The van der Waals surface area contributed by atoms with E-state index in [1.165, 1.54) is 0 Å². The zero-order valence-electron chi connectivity index (χ0n) is 21.1. The molecule has 2 atom stereocenters. The third-order valence-corrected chi connectivity index (χ3v) is 6.25. The van der Waals surface area contributed by atoms with E-state index in [1.807, 2.05) is 99.6 Å². The molecule has 5 heteroatoms. The smallest absolute Gasteiger partial charge is 0.328 e. The molecule has 0 amide bonds. The van der Waals surface area contributed by atoms with Crippen LogP contribution in [-0.4, -0.2) is 23.7 Å². The average molecular weight is 479 g/mol. The first-order chi connectivity index (χ1) is 17.3. The highest BCUT2D eigenvalue weighted by Crippen LogP contribution is 2.49. The van der Waals surface area contributed by atoms with Crippen molar-refractivity contribution in [1.29, 1.82) is 5.26 Å². The van der Waals surface area contributed by atoms with Gasteiger partial charge in [-0.25, -0.2) is 0 Å². The second-order valence-corrected chi connectivity index (χ2v) is 9.87. The largest absolute Gasteiger partial charge is 0.496 e. The molecule has 3 aromatic carbocycles. The standard InChI is InChI=1S/C31H30N2O3/c1-30(2,3)36-29(34)31(21-32,19-22-11-10-18-33-20-22)28(26-15-7-8-17-27(26)35-4)25-16-9-13-23-12-5-6-14-24(23)25/h5-18,20,28H,19H2,1-4H3. The van der Waals surface area contributed by atoms with Crippen molar-refractivity contribution in [3.05, 3.63) is 108 Å². The third-order valence-electron chi connectivity index (χ3n) is 6.25. The second kappa shape index (κ2) is 10.2. The van der Waals surface area contributed by atoms with Gasteiger partial charge in [0.15, 0.2) is 5.41 Å². The maximum Gasteiger partial charge on any atom is 0.328 e. The molecule has 1 heterocycles. The van der Waals surface area contributed by atoms with Gasteiger partial charge in [0.25, 0.3) is 0 Å². The second-order valence-electron chi connectivity index (χ2n) is 9.87. The Morgan fingerprint density at radius 1 is 0.944 bits per heavy atom. The van der Waals surface area contributed by atoms with Crippen LogP contribution in [0.2, 0.25) is 0 Å². The minimum absolute atomic E-state index is 0.123. The normalized spacial score (nSPS) is 13.9. The predicted octanol–water partition coefficient (Wildman–Crippen LogP) is 6.47. The molecule has 0 aliphatic rings. The summed E-state index contributed by atoms with van der Waals surface area (Å²) >= 11 is 0. The molecule has 0 saturated heterocycles. The van der Waals surface area contributed by atoms with Gasteiger partial charge in [0.1, 0.15) is 11.4 Å². The molecule has 0 aliphatic carbocycles. The number of nitrogens with zero attached hydrogens (tertiary/aromatic N) is 2. The van der Waals surface area contributed by atoms with E-state index in [0.717, 1.165) is 27.5 Å². The number of rotatable bonds is 7. The van der Waals surface area contributed by atoms with Gasteiger partial charge in [-0.2, -0.15) is 5.26 Å². The molecule has 0 N–H and O–H groups in total. The maximum absolute atomic E-state index is 14.1. The summed E-state index contributed by atoms with van der Waals surface area (Å²) in [7, 11) is 1.60. The summed E-state index contributed by atoms with van der Waals surface area (Å²) < 4.78 is 11.7. The summed E-state index contributed by atoms with van der Waals surface area (Å²) in [5.74, 6) is -0.658. The van der Waals surface area contributed by atoms with Crippen molar-refractivity contribution in [3.63, 3.8) is 0 Å². The van der Waals surface area contributed by atoms with Gasteiger partial charge in [-0.1, -0.05) is 66.7 Å². The van der Waals surface area contributed by atoms with Crippen molar-refractivity contribution in [2.24, 2.45) is 5.41 Å². The van der Waals surface area contributed by atoms with Crippen LogP contribution < -0.4 is 4.74 Å². The van der Waals surface area contributed by atoms with Crippen molar-refractivity contribution in [1.82, 2.24) is 4.98 Å². The Bertz CT molecular complexity index is 1400. The summed E-state index contributed by atoms with van der Waals surface area (Å²) in [6, 6.07) is 27.7. The lowest BCUT2D eigenvalue weighted by Gasteiger charge is -2.37. The SMILES string of the molecule is COc1ccccc1C(c1cccc2ccccc12)C(C#N)(Cc1cccnc1)C(=O)OC(C)(C)C. The zero-order valence-corrected chi connectivity index (χ0v) is 21.1. The number of methoxy groups -OCH3 is 1. The Hall–Kier alpha value is -4.17. The lowest BCUT2D eigenvalue weighted by atomic mass is 9.65. The quantitative estimate of drug-likeness (QED) is 0.285. The molecular formula is C31H30N2O3. The number of nitriles is 1. The highest BCUT2D eigenvalue weighted by atomic mass is 16.6. The van der Waals surface area contributed by atoms with Crippen LogP contribution in [-0.2, 0) is 16.0 Å². The molecule has 36 heavy (non-hydrogen) atoms. The van der Waals surface area contributed by atoms with Crippen LogP contribution in [0.1, 0.15) is 43.4 Å². The number of para-hydroxylation sites is 1. The minimum Gasteiger partial charge on any atom is -0.496 e. The Morgan fingerprint density at radius 3 is 2.33 bits per heavy atom. The number of pyridine rings is 1. The van der Waals surface area contributed by atoms with E-state index in [1.54, 1.807) is 19.5 Å². The first-order valence-corrected chi connectivity index (χ1v) is 11.9. The summed E-state index contributed by atoms with van der Waals surface area (Å²) in [5, 5.41) is 12.9. The Labute approximate surface area is 212 Å². The van der Waals surface area contributed by atoms with E-state index < -0.39 is 22.9 Å². The summed E-state index contributed by atoms with van der Waals surface area (Å²) in [6.45, 7) is 5.44. The van der Waals surface area contributed by atoms with Gasteiger partial charge in [-0.15, -0.1) is 0 Å². The number of ether oxygens (including phenoxy) is 2. The van der Waals surface area contributed by atoms with Gasteiger partial charge < -0.3 is 9.47 Å².